The van der Waals surface area contributed by atoms with Crippen molar-refractivity contribution in [3.63, 3.8) is 0 Å². The fourth-order valence-corrected chi connectivity index (χ4v) is 1.71. The first-order valence-corrected chi connectivity index (χ1v) is 8.27. The Hall–Kier alpha value is -2.90. The van der Waals surface area contributed by atoms with Crippen molar-refractivity contribution in [1.82, 2.24) is 0 Å². The molecule has 13 heteroatoms. The molecule has 28 heavy (non-hydrogen) atoms. The largest absolute Gasteiger partial charge is 0.392 e. The van der Waals surface area contributed by atoms with Gasteiger partial charge >= 0.3 is 23.9 Å². The fourth-order valence-electron chi connectivity index (χ4n) is 1.71. The average molecular weight is 403 g/mol. The second-order valence-electron chi connectivity index (χ2n) is 5.90. The quantitative estimate of drug-likeness (QED) is 0.157. The topological polar surface area (TPSA) is 251 Å². The number of esters is 4. The zero-order valence-electron chi connectivity index (χ0n) is 15.1. The van der Waals surface area contributed by atoms with E-state index in [1.807, 2.05) is 0 Å². The van der Waals surface area contributed by atoms with Crippen LogP contribution in [0.4, 0.5) is 0 Å². The lowest BCUT2D eigenvalue weighted by atomic mass is 10.1. The second kappa shape index (κ2) is 12.5. The molecular formula is C15H25N5O8. The molecule has 2 amide bonds. The number of rotatable bonds is 12. The molecule has 0 aliphatic rings. The summed E-state index contributed by atoms with van der Waals surface area (Å²) in [7, 11) is 0. The van der Waals surface area contributed by atoms with Crippen LogP contribution in [0.3, 0.4) is 0 Å². The Morgan fingerprint density at radius 3 is 1.25 bits per heavy atom. The smallest absolute Gasteiger partial charge is 0.330 e. The summed E-state index contributed by atoms with van der Waals surface area (Å²) in [6.07, 6.45) is -1.25. The highest BCUT2D eigenvalue weighted by molar-refractivity contribution is 5.92. The normalized spacial score (nSPS) is 13.7. The molecule has 0 fully saturated rings. The predicted molar refractivity (Wildman–Crippen MR) is 92.2 cm³/mol. The molecule has 0 aromatic heterocycles. The van der Waals surface area contributed by atoms with Gasteiger partial charge in [0.25, 0.3) is 0 Å². The Morgan fingerprint density at radius 1 is 0.571 bits per heavy atom. The minimum atomic E-state index is -1.36. The van der Waals surface area contributed by atoms with Gasteiger partial charge in [-0.3, -0.25) is 14.4 Å². The molecule has 0 heterocycles. The zero-order valence-corrected chi connectivity index (χ0v) is 15.1. The van der Waals surface area contributed by atoms with E-state index in [0.29, 0.717) is 0 Å². The van der Waals surface area contributed by atoms with Gasteiger partial charge in [0.15, 0.2) is 0 Å². The van der Waals surface area contributed by atoms with Gasteiger partial charge in [0.1, 0.15) is 18.1 Å². The molecule has 0 aliphatic heterocycles. The van der Waals surface area contributed by atoms with Crippen LogP contribution < -0.4 is 28.7 Å². The van der Waals surface area contributed by atoms with Crippen LogP contribution in [0.25, 0.3) is 0 Å². The van der Waals surface area contributed by atoms with Crippen molar-refractivity contribution < 1.29 is 38.2 Å². The number of carbonyl (C=O) groups excluding carboxylic acids is 6. The van der Waals surface area contributed by atoms with Crippen molar-refractivity contribution in [3.05, 3.63) is 0 Å². The van der Waals surface area contributed by atoms with Crippen molar-refractivity contribution in [2.24, 2.45) is 28.7 Å². The van der Waals surface area contributed by atoms with Gasteiger partial charge < -0.3 is 38.1 Å². The third-order valence-electron chi connectivity index (χ3n) is 3.39. The van der Waals surface area contributed by atoms with Gasteiger partial charge in [-0.1, -0.05) is 0 Å². The zero-order chi connectivity index (χ0) is 21.9. The Morgan fingerprint density at radius 2 is 0.893 bits per heavy atom. The van der Waals surface area contributed by atoms with E-state index in [0.717, 1.165) is 0 Å². The van der Waals surface area contributed by atoms with E-state index in [2.05, 4.69) is 9.47 Å². The molecule has 3 atom stereocenters. The summed E-state index contributed by atoms with van der Waals surface area (Å²) in [5.41, 5.74) is 26.2. The van der Waals surface area contributed by atoms with Crippen molar-refractivity contribution in [2.75, 3.05) is 0 Å². The Kier molecular flexibility index (Phi) is 11.2. The van der Waals surface area contributed by atoms with Gasteiger partial charge in [-0.15, -0.1) is 0 Å². The molecule has 0 radical (unpaired) electrons. The summed E-state index contributed by atoms with van der Waals surface area (Å²) in [5, 5.41) is 0. The molecule has 0 aliphatic carbocycles. The number of amides is 2. The lowest BCUT2D eigenvalue weighted by Gasteiger charge is -2.13. The van der Waals surface area contributed by atoms with Crippen LogP contribution in [0.2, 0.25) is 0 Å². The summed E-state index contributed by atoms with van der Waals surface area (Å²) in [6.45, 7) is 0. The molecule has 158 valence electrons. The molecule has 10 N–H and O–H groups in total. The average Bonchev–Trinajstić information content (AvgIpc) is 2.61. The lowest BCUT2D eigenvalue weighted by Crippen LogP contribution is -2.40. The van der Waals surface area contributed by atoms with E-state index in [-0.39, 0.29) is 32.1 Å². The van der Waals surface area contributed by atoms with E-state index >= 15 is 0 Å². The Balaban J connectivity index is 4.28. The Bertz CT molecular complexity index is 624. The number of ether oxygens (including phenoxy) is 2. The highest BCUT2D eigenvalue weighted by atomic mass is 16.6. The standard InChI is InChI=1S/C15H25N5O8/c16-7(1-4-10(19)21)13(24)27-12(23)6-3-9(18)15(26)28-14(25)8(17)2-5-11(20)22/h7-9H,1-6,16-18H2,(H2,19,21)(H2,20,22)/t7-,8-,9-/m1/s1. The first-order valence-electron chi connectivity index (χ1n) is 8.27. The van der Waals surface area contributed by atoms with Crippen LogP contribution in [0.5, 0.6) is 0 Å². The number of hydrogen-bond donors (Lipinski definition) is 5. The fraction of sp³-hybridized carbons (Fsp3) is 0.600. The number of carbonyl (C=O) groups is 6. The van der Waals surface area contributed by atoms with Crippen LogP contribution in [0.1, 0.15) is 38.5 Å². The lowest BCUT2D eigenvalue weighted by molar-refractivity contribution is -0.161. The van der Waals surface area contributed by atoms with E-state index in [4.69, 9.17) is 28.7 Å². The SMILES string of the molecule is NC(=O)CC[C@@H](N)C(=O)OC(=O)CC[C@@H](N)C(=O)OC(=O)[C@H](N)CCC(N)=O. The van der Waals surface area contributed by atoms with Crippen LogP contribution >= 0.6 is 0 Å². The van der Waals surface area contributed by atoms with Gasteiger partial charge in [-0.05, 0) is 19.3 Å². The van der Waals surface area contributed by atoms with Crippen molar-refractivity contribution in [2.45, 2.75) is 56.7 Å². The molecule has 0 aromatic rings. The number of nitrogens with two attached hydrogens (primary N) is 5. The minimum absolute atomic E-state index is 0.0919. The van der Waals surface area contributed by atoms with Crippen LogP contribution in [-0.4, -0.2) is 53.8 Å². The molecule has 0 rings (SSSR count). The maximum absolute atomic E-state index is 11.7. The summed E-state index contributed by atoms with van der Waals surface area (Å²) in [4.78, 5) is 67.6. The van der Waals surface area contributed by atoms with Crippen molar-refractivity contribution >= 4 is 35.7 Å². The first kappa shape index (κ1) is 25.1. The maximum atomic E-state index is 11.7. The second-order valence-corrected chi connectivity index (χ2v) is 5.90. The highest BCUT2D eigenvalue weighted by Crippen LogP contribution is 2.04. The molecule has 13 nitrogen and oxygen atoms in total. The summed E-state index contributed by atoms with van der Waals surface area (Å²) >= 11 is 0. The summed E-state index contributed by atoms with van der Waals surface area (Å²) in [5.74, 6) is -5.64. The van der Waals surface area contributed by atoms with E-state index < -0.39 is 60.2 Å². The van der Waals surface area contributed by atoms with Crippen molar-refractivity contribution in [3.8, 4) is 0 Å². The molecule has 0 aromatic carbocycles. The predicted octanol–water partition coefficient (Wildman–Crippen LogP) is -3.58. The molecule has 0 unspecified atom stereocenters. The highest BCUT2D eigenvalue weighted by Gasteiger charge is 2.25. The molecule has 0 spiro atoms. The molecular weight excluding hydrogens is 378 g/mol. The Labute approximate surface area is 160 Å². The van der Waals surface area contributed by atoms with Gasteiger partial charge in [0.05, 0.1) is 0 Å². The van der Waals surface area contributed by atoms with Crippen molar-refractivity contribution in [1.29, 1.82) is 0 Å². The summed E-state index contributed by atoms with van der Waals surface area (Å²) < 4.78 is 8.90. The monoisotopic (exact) mass is 403 g/mol. The number of hydrogen-bond acceptors (Lipinski definition) is 11. The van der Waals surface area contributed by atoms with Gasteiger partial charge in [-0.25, -0.2) is 14.4 Å². The third kappa shape index (κ3) is 10.9. The molecule has 0 saturated heterocycles. The van der Waals surface area contributed by atoms with Crippen LogP contribution in [0.15, 0.2) is 0 Å². The number of primary amides is 2. The van der Waals surface area contributed by atoms with E-state index in [1.54, 1.807) is 0 Å². The third-order valence-corrected chi connectivity index (χ3v) is 3.39. The van der Waals surface area contributed by atoms with E-state index in [9.17, 15) is 28.8 Å². The molecule has 0 saturated carbocycles. The van der Waals surface area contributed by atoms with Crippen LogP contribution in [0, 0.1) is 0 Å². The van der Waals surface area contributed by atoms with Crippen LogP contribution in [-0.2, 0) is 38.2 Å². The van der Waals surface area contributed by atoms with Gasteiger partial charge in [-0.2, -0.15) is 0 Å². The van der Waals surface area contributed by atoms with Gasteiger partial charge in [0, 0.05) is 19.3 Å². The van der Waals surface area contributed by atoms with Gasteiger partial charge in [0.2, 0.25) is 11.8 Å². The van der Waals surface area contributed by atoms with E-state index in [1.165, 1.54) is 0 Å². The maximum Gasteiger partial charge on any atom is 0.330 e. The first-order chi connectivity index (χ1) is 12.9. The molecule has 0 bridgehead atoms. The summed E-state index contributed by atoms with van der Waals surface area (Å²) in [6, 6.07) is -3.82. The minimum Gasteiger partial charge on any atom is -0.392 e.